The van der Waals surface area contributed by atoms with Crippen LogP contribution < -0.4 is 5.32 Å². The molecule has 1 fully saturated rings. The zero-order valence-corrected chi connectivity index (χ0v) is 12.4. The van der Waals surface area contributed by atoms with E-state index in [0.717, 1.165) is 19.4 Å². The maximum atomic E-state index is 12.1. The first-order valence-electron chi connectivity index (χ1n) is 7.02. The lowest BCUT2D eigenvalue weighted by molar-refractivity contribution is -0.142. The molecule has 1 rings (SSSR count). The summed E-state index contributed by atoms with van der Waals surface area (Å²) in [6, 6.07) is -0.141. The summed E-state index contributed by atoms with van der Waals surface area (Å²) in [6.07, 6.45) is 2.59. The Morgan fingerprint density at radius 2 is 2.00 bits per heavy atom. The van der Waals surface area contributed by atoms with Gasteiger partial charge in [0.25, 0.3) is 0 Å². The molecule has 1 aliphatic heterocycles. The molecule has 0 radical (unpaired) electrons. The standard InChI is InChI=1S/C14H26N2O3/c1-10(2)8-11(12(17)18)9-15-13(19)16-7-5-6-14(16,3)4/h10-11H,5-9H2,1-4H3,(H,15,19)(H,17,18). The monoisotopic (exact) mass is 270 g/mol. The first-order valence-corrected chi connectivity index (χ1v) is 7.02. The van der Waals surface area contributed by atoms with E-state index in [0.29, 0.717) is 12.3 Å². The minimum Gasteiger partial charge on any atom is -0.481 e. The van der Waals surface area contributed by atoms with Crippen LogP contribution in [0.2, 0.25) is 0 Å². The van der Waals surface area contributed by atoms with Crippen LogP contribution in [-0.2, 0) is 4.79 Å². The maximum Gasteiger partial charge on any atom is 0.317 e. The van der Waals surface area contributed by atoms with E-state index in [1.165, 1.54) is 0 Å². The van der Waals surface area contributed by atoms with Crippen molar-refractivity contribution >= 4 is 12.0 Å². The van der Waals surface area contributed by atoms with Gasteiger partial charge in [0.05, 0.1) is 5.92 Å². The third-order valence-electron chi connectivity index (χ3n) is 3.75. The summed E-state index contributed by atoms with van der Waals surface area (Å²) in [5, 5.41) is 11.9. The minimum atomic E-state index is -0.838. The highest BCUT2D eigenvalue weighted by Crippen LogP contribution is 2.27. The van der Waals surface area contributed by atoms with Gasteiger partial charge >= 0.3 is 12.0 Å². The third kappa shape index (κ3) is 4.40. The van der Waals surface area contributed by atoms with Gasteiger partial charge in [0.15, 0.2) is 0 Å². The molecule has 1 atom stereocenters. The van der Waals surface area contributed by atoms with Gasteiger partial charge in [-0.05, 0) is 39.0 Å². The highest BCUT2D eigenvalue weighted by molar-refractivity contribution is 5.77. The van der Waals surface area contributed by atoms with Crippen molar-refractivity contribution in [2.75, 3.05) is 13.1 Å². The Labute approximate surface area is 115 Å². The molecule has 2 N–H and O–H groups in total. The van der Waals surface area contributed by atoms with E-state index >= 15 is 0 Å². The Hall–Kier alpha value is -1.26. The number of hydrogen-bond donors (Lipinski definition) is 2. The number of aliphatic carboxylic acids is 1. The SMILES string of the molecule is CC(C)CC(CNC(=O)N1CCCC1(C)C)C(=O)O. The first kappa shape index (κ1) is 15.8. The van der Waals surface area contributed by atoms with Gasteiger partial charge in [-0.1, -0.05) is 13.8 Å². The largest absolute Gasteiger partial charge is 0.481 e. The number of hydrogen-bond acceptors (Lipinski definition) is 2. The molecule has 1 saturated heterocycles. The number of urea groups is 1. The molecule has 0 spiro atoms. The third-order valence-corrected chi connectivity index (χ3v) is 3.75. The first-order chi connectivity index (χ1) is 8.74. The molecular weight excluding hydrogens is 244 g/mol. The molecular formula is C14H26N2O3. The molecule has 5 heteroatoms. The normalized spacial score (nSPS) is 19.5. The summed E-state index contributed by atoms with van der Waals surface area (Å²) in [5.74, 6) is -1.04. The molecule has 0 aliphatic carbocycles. The number of carboxylic acids is 1. The van der Waals surface area contributed by atoms with Crippen LogP contribution in [0.1, 0.15) is 47.0 Å². The Balaban J connectivity index is 2.50. The molecule has 0 saturated carbocycles. The number of carbonyl (C=O) groups excluding carboxylic acids is 1. The van der Waals surface area contributed by atoms with E-state index in [4.69, 9.17) is 5.11 Å². The zero-order chi connectivity index (χ0) is 14.6. The number of nitrogens with one attached hydrogen (secondary N) is 1. The second-order valence-corrected chi connectivity index (χ2v) is 6.42. The molecule has 5 nitrogen and oxygen atoms in total. The Morgan fingerprint density at radius 1 is 1.37 bits per heavy atom. The van der Waals surface area contributed by atoms with Crippen molar-refractivity contribution in [2.24, 2.45) is 11.8 Å². The lowest BCUT2D eigenvalue weighted by Crippen LogP contribution is -2.49. The summed E-state index contributed by atoms with van der Waals surface area (Å²) < 4.78 is 0. The van der Waals surface area contributed by atoms with Crippen LogP contribution in [0.4, 0.5) is 4.79 Å². The van der Waals surface area contributed by atoms with E-state index < -0.39 is 11.9 Å². The van der Waals surface area contributed by atoms with E-state index in [-0.39, 0.29) is 18.1 Å². The van der Waals surface area contributed by atoms with Crippen LogP contribution in [-0.4, -0.2) is 40.6 Å². The highest BCUT2D eigenvalue weighted by Gasteiger charge is 2.35. The van der Waals surface area contributed by atoms with Crippen LogP contribution in [0.25, 0.3) is 0 Å². The van der Waals surface area contributed by atoms with Gasteiger partial charge in [0.1, 0.15) is 0 Å². The molecule has 2 amide bonds. The molecule has 19 heavy (non-hydrogen) atoms. The van der Waals surface area contributed by atoms with Crippen molar-refractivity contribution in [3.8, 4) is 0 Å². The van der Waals surface area contributed by atoms with Crippen molar-refractivity contribution in [1.29, 1.82) is 0 Å². The average Bonchev–Trinajstić information content (AvgIpc) is 2.63. The Bertz CT molecular complexity index is 340. The van der Waals surface area contributed by atoms with Crippen LogP contribution >= 0.6 is 0 Å². The number of carboxylic acid groups (broad SMARTS) is 1. The predicted octanol–water partition coefficient (Wildman–Crippen LogP) is 2.32. The molecule has 0 aromatic heterocycles. The summed E-state index contributed by atoms with van der Waals surface area (Å²) in [5.41, 5.74) is -0.124. The fraction of sp³-hybridized carbons (Fsp3) is 0.857. The van der Waals surface area contributed by atoms with Crippen molar-refractivity contribution < 1.29 is 14.7 Å². The fourth-order valence-electron chi connectivity index (χ4n) is 2.63. The Kier molecular flexibility index (Phi) is 5.20. The quantitative estimate of drug-likeness (QED) is 0.805. The molecule has 110 valence electrons. The summed E-state index contributed by atoms with van der Waals surface area (Å²) in [7, 11) is 0. The van der Waals surface area contributed by atoms with E-state index in [1.54, 1.807) is 4.90 Å². The van der Waals surface area contributed by atoms with Crippen molar-refractivity contribution in [2.45, 2.75) is 52.5 Å². The summed E-state index contributed by atoms with van der Waals surface area (Å²) >= 11 is 0. The van der Waals surface area contributed by atoms with Crippen LogP contribution in [0, 0.1) is 11.8 Å². The minimum absolute atomic E-state index is 0.124. The van der Waals surface area contributed by atoms with Crippen LogP contribution in [0.15, 0.2) is 0 Å². The predicted molar refractivity (Wildman–Crippen MR) is 74.0 cm³/mol. The van der Waals surface area contributed by atoms with Gasteiger partial charge in [-0.25, -0.2) is 4.79 Å². The van der Waals surface area contributed by atoms with E-state index in [2.05, 4.69) is 5.32 Å². The number of amides is 2. The van der Waals surface area contributed by atoms with E-state index in [9.17, 15) is 9.59 Å². The molecule has 1 aliphatic rings. The lowest BCUT2D eigenvalue weighted by Gasteiger charge is -2.32. The smallest absolute Gasteiger partial charge is 0.317 e. The average molecular weight is 270 g/mol. The number of carbonyl (C=O) groups is 2. The van der Waals surface area contributed by atoms with Gasteiger partial charge in [-0.2, -0.15) is 0 Å². The van der Waals surface area contributed by atoms with Crippen LogP contribution in [0.5, 0.6) is 0 Å². The second kappa shape index (κ2) is 6.26. The van der Waals surface area contributed by atoms with Gasteiger partial charge in [-0.15, -0.1) is 0 Å². The number of likely N-dealkylation sites (tertiary alicyclic amines) is 1. The molecule has 0 aromatic rings. The molecule has 0 bridgehead atoms. The highest BCUT2D eigenvalue weighted by atomic mass is 16.4. The van der Waals surface area contributed by atoms with Crippen LogP contribution in [0.3, 0.4) is 0 Å². The zero-order valence-electron chi connectivity index (χ0n) is 12.4. The van der Waals surface area contributed by atoms with E-state index in [1.807, 2.05) is 27.7 Å². The van der Waals surface area contributed by atoms with Crippen molar-refractivity contribution in [3.63, 3.8) is 0 Å². The second-order valence-electron chi connectivity index (χ2n) is 6.42. The lowest BCUT2D eigenvalue weighted by atomic mass is 9.97. The van der Waals surface area contributed by atoms with Crippen molar-refractivity contribution in [1.82, 2.24) is 10.2 Å². The van der Waals surface area contributed by atoms with Gasteiger partial charge in [-0.3, -0.25) is 4.79 Å². The van der Waals surface area contributed by atoms with Crippen molar-refractivity contribution in [3.05, 3.63) is 0 Å². The summed E-state index contributed by atoms with van der Waals surface area (Å²) in [4.78, 5) is 25.0. The number of rotatable bonds is 5. The van der Waals surface area contributed by atoms with Gasteiger partial charge in [0, 0.05) is 18.6 Å². The number of nitrogens with zero attached hydrogens (tertiary/aromatic N) is 1. The maximum absolute atomic E-state index is 12.1. The van der Waals surface area contributed by atoms with Gasteiger partial charge in [0.2, 0.25) is 0 Å². The fourth-order valence-corrected chi connectivity index (χ4v) is 2.63. The molecule has 1 heterocycles. The Morgan fingerprint density at radius 3 is 2.42 bits per heavy atom. The van der Waals surface area contributed by atoms with Gasteiger partial charge < -0.3 is 15.3 Å². The molecule has 1 unspecified atom stereocenters. The molecule has 0 aromatic carbocycles. The summed E-state index contributed by atoms with van der Waals surface area (Å²) in [6.45, 7) is 9.02. The topological polar surface area (TPSA) is 69.6 Å².